The molecule has 0 aromatic heterocycles. The molecular weight excluding hydrogens is 299 g/mol. The number of hydrogen-bond acceptors (Lipinski definition) is 3. The van der Waals surface area contributed by atoms with E-state index in [1.807, 2.05) is 0 Å². The maximum atomic E-state index is 12.0. The van der Waals surface area contributed by atoms with Crippen molar-refractivity contribution in [1.29, 1.82) is 0 Å². The van der Waals surface area contributed by atoms with Crippen molar-refractivity contribution in [3.63, 3.8) is 0 Å². The fraction of sp³-hybridized carbons (Fsp3) is 0.909. The summed E-state index contributed by atoms with van der Waals surface area (Å²) < 4.78 is 61.2. The van der Waals surface area contributed by atoms with Crippen LogP contribution < -0.4 is 0 Å². The van der Waals surface area contributed by atoms with Crippen LogP contribution in [0.2, 0.25) is 0 Å². The molecule has 9 heteroatoms. The Morgan fingerprint density at radius 1 is 1.30 bits per heavy atom. The van der Waals surface area contributed by atoms with Gasteiger partial charge in [-0.2, -0.15) is 17.5 Å². The highest BCUT2D eigenvalue weighted by Gasteiger charge is 2.34. The third-order valence-corrected chi connectivity index (χ3v) is 5.20. The van der Waals surface area contributed by atoms with E-state index in [-0.39, 0.29) is 13.0 Å². The van der Waals surface area contributed by atoms with Crippen molar-refractivity contribution in [3.8, 4) is 0 Å². The zero-order chi connectivity index (χ0) is 15.4. The van der Waals surface area contributed by atoms with Crippen LogP contribution in [0.5, 0.6) is 0 Å². The Bertz CT molecular complexity index is 435. The summed E-state index contributed by atoms with van der Waals surface area (Å²) in [5.74, 6) is -1.70. The van der Waals surface area contributed by atoms with Gasteiger partial charge in [-0.1, -0.05) is 6.42 Å². The second-order valence-corrected chi connectivity index (χ2v) is 6.93. The molecule has 118 valence electrons. The highest BCUT2D eigenvalue weighted by Crippen LogP contribution is 2.26. The predicted molar refractivity (Wildman–Crippen MR) is 65.7 cm³/mol. The Kier molecular flexibility index (Phi) is 5.81. The number of rotatable bonds is 6. The average molecular weight is 317 g/mol. The van der Waals surface area contributed by atoms with Crippen molar-refractivity contribution in [2.24, 2.45) is 0 Å². The molecule has 1 fully saturated rings. The van der Waals surface area contributed by atoms with Gasteiger partial charge in [0.15, 0.2) is 0 Å². The number of carboxylic acid groups (broad SMARTS) is 1. The lowest BCUT2D eigenvalue weighted by Gasteiger charge is -2.33. The molecule has 0 spiro atoms. The molecular formula is C11H18F3NO4S. The number of hydrogen-bond donors (Lipinski definition) is 1. The molecule has 0 aromatic carbocycles. The quantitative estimate of drug-likeness (QED) is 0.813. The molecule has 1 heterocycles. The van der Waals surface area contributed by atoms with Gasteiger partial charge in [0.25, 0.3) is 0 Å². The Labute approximate surface area is 115 Å². The van der Waals surface area contributed by atoms with Crippen LogP contribution in [0.1, 0.15) is 38.5 Å². The van der Waals surface area contributed by atoms with E-state index in [2.05, 4.69) is 0 Å². The van der Waals surface area contributed by atoms with E-state index in [0.29, 0.717) is 12.8 Å². The Balaban J connectivity index is 2.65. The molecule has 20 heavy (non-hydrogen) atoms. The first kappa shape index (κ1) is 17.2. The van der Waals surface area contributed by atoms with Gasteiger partial charge in [0.05, 0.1) is 12.2 Å². The van der Waals surface area contributed by atoms with Gasteiger partial charge in [-0.3, -0.25) is 4.79 Å². The topological polar surface area (TPSA) is 74.7 Å². The van der Waals surface area contributed by atoms with Crippen molar-refractivity contribution in [1.82, 2.24) is 4.31 Å². The summed E-state index contributed by atoms with van der Waals surface area (Å²) >= 11 is 0. The standard InChI is InChI=1S/C11H18F3NO4S/c12-11(13,14)5-3-7-20(18,19)15-6-2-1-4-9(15)8-10(16)17/h9H,1-8H2,(H,16,17). The first-order chi connectivity index (χ1) is 9.12. The zero-order valence-electron chi connectivity index (χ0n) is 10.9. The van der Waals surface area contributed by atoms with Gasteiger partial charge in [-0.05, 0) is 19.3 Å². The van der Waals surface area contributed by atoms with Crippen LogP contribution in [0.15, 0.2) is 0 Å². The summed E-state index contributed by atoms with van der Waals surface area (Å²) in [6.07, 6.45) is -4.56. The number of carboxylic acids is 1. The number of sulfonamides is 1. The number of halogens is 3. The van der Waals surface area contributed by atoms with Crippen LogP contribution in [0.3, 0.4) is 0 Å². The van der Waals surface area contributed by atoms with Crippen molar-refractivity contribution in [2.45, 2.75) is 50.7 Å². The monoisotopic (exact) mass is 317 g/mol. The second kappa shape index (κ2) is 6.75. The molecule has 1 rings (SSSR count). The molecule has 0 aliphatic carbocycles. The molecule has 1 atom stereocenters. The third kappa shape index (κ3) is 5.66. The first-order valence-electron chi connectivity index (χ1n) is 6.40. The minimum absolute atomic E-state index is 0.187. The SMILES string of the molecule is O=C(O)CC1CCCCN1S(=O)(=O)CCCC(F)(F)F. The second-order valence-electron chi connectivity index (χ2n) is 4.89. The van der Waals surface area contributed by atoms with Crippen LogP contribution in [-0.2, 0) is 14.8 Å². The minimum atomic E-state index is -4.38. The van der Waals surface area contributed by atoms with Gasteiger partial charge in [0.1, 0.15) is 0 Å². The van der Waals surface area contributed by atoms with Gasteiger partial charge in [0, 0.05) is 19.0 Å². The lowest BCUT2D eigenvalue weighted by molar-refractivity contribution is -0.138. The zero-order valence-corrected chi connectivity index (χ0v) is 11.7. The molecule has 0 radical (unpaired) electrons. The van der Waals surface area contributed by atoms with Crippen molar-refractivity contribution < 1.29 is 31.5 Å². The van der Waals surface area contributed by atoms with E-state index in [4.69, 9.17) is 5.11 Å². The summed E-state index contributed by atoms with van der Waals surface area (Å²) in [6.45, 7) is 0.187. The number of aliphatic carboxylic acids is 1. The maximum absolute atomic E-state index is 12.0. The lowest BCUT2D eigenvalue weighted by atomic mass is 10.0. The summed E-state index contributed by atoms with van der Waals surface area (Å²) in [5.41, 5.74) is 0. The van der Waals surface area contributed by atoms with Crippen LogP contribution in [0.25, 0.3) is 0 Å². The molecule has 0 saturated carbocycles. The summed E-state index contributed by atoms with van der Waals surface area (Å²) in [4.78, 5) is 10.7. The fourth-order valence-corrected chi connectivity index (χ4v) is 4.10. The molecule has 1 unspecified atom stereocenters. The third-order valence-electron chi connectivity index (χ3n) is 3.20. The van der Waals surface area contributed by atoms with Gasteiger partial charge in [-0.15, -0.1) is 0 Å². The number of carbonyl (C=O) groups is 1. The van der Waals surface area contributed by atoms with E-state index in [1.54, 1.807) is 0 Å². The molecule has 1 N–H and O–H groups in total. The molecule has 0 bridgehead atoms. The van der Waals surface area contributed by atoms with Gasteiger partial charge >= 0.3 is 12.1 Å². The lowest BCUT2D eigenvalue weighted by Crippen LogP contribution is -2.45. The van der Waals surface area contributed by atoms with E-state index in [0.717, 1.165) is 10.7 Å². The first-order valence-corrected chi connectivity index (χ1v) is 8.01. The molecule has 5 nitrogen and oxygen atoms in total. The number of nitrogens with zero attached hydrogens (tertiary/aromatic N) is 1. The average Bonchev–Trinajstić information content (AvgIpc) is 2.26. The molecule has 0 aromatic rings. The minimum Gasteiger partial charge on any atom is -0.481 e. The van der Waals surface area contributed by atoms with Crippen LogP contribution in [0.4, 0.5) is 13.2 Å². The summed E-state index contributed by atoms with van der Waals surface area (Å²) in [7, 11) is -3.83. The van der Waals surface area contributed by atoms with Gasteiger partial charge in [0.2, 0.25) is 10.0 Å². The smallest absolute Gasteiger partial charge is 0.389 e. The van der Waals surface area contributed by atoms with Crippen LogP contribution in [-0.4, -0.2) is 48.3 Å². The Morgan fingerprint density at radius 3 is 2.50 bits per heavy atom. The number of piperidine rings is 1. The van der Waals surface area contributed by atoms with Gasteiger partial charge in [-0.25, -0.2) is 8.42 Å². The highest BCUT2D eigenvalue weighted by atomic mass is 32.2. The van der Waals surface area contributed by atoms with Crippen molar-refractivity contribution in [2.75, 3.05) is 12.3 Å². The van der Waals surface area contributed by atoms with Crippen molar-refractivity contribution >= 4 is 16.0 Å². The predicted octanol–water partition coefficient (Wildman–Crippen LogP) is 1.99. The highest BCUT2D eigenvalue weighted by molar-refractivity contribution is 7.89. The van der Waals surface area contributed by atoms with Crippen molar-refractivity contribution in [3.05, 3.63) is 0 Å². The van der Waals surface area contributed by atoms with E-state index >= 15 is 0 Å². The fourth-order valence-electron chi connectivity index (χ4n) is 2.32. The number of alkyl halides is 3. The normalized spacial score (nSPS) is 21.9. The van der Waals surface area contributed by atoms with E-state index in [9.17, 15) is 26.4 Å². The van der Waals surface area contributed by atoms with Crippen LogP contribution in [0, 0.1) is 0 Å². The maximum Gasteiger partial charge on any atom is 0.389 e. The summed E-state index contributed by atoms with van der Waals surface area (Å²) in [5, 5.41) is 8.76. The van der Waals surface area contributed by atoms with E-state index in [1.165, 1.54) is 0 Å². The molecule has 1 aliphatic rings. The van der Waals surface area contributed by atoms with Crippen LogP contribution >= 0.6 is 0 Å². The molecule has 1 aliphatic heterocycles. The molecule has 0 amide bonds. The Hall–Kier alpha value is -0.830. The Morgan fingerprint density at radius 2 is 1.95 bits per heavy atom. The largest absolute Gasteiger partial charge is 0.481 e. The van der Waals surface area contributed by atoms with E-state index < -0.39 is 46.8 Å². The summed E-state index contributed by atoms with van der Waals surface area (Å²) in [6, 6.07) is -0.642. The van der Waals surface area contributed by atoms with Gasteiger partial charge < -0.3 is 5.11 Å². The molecule has 1 saturated heterocycles.